The molecular weight excluding hydrogens is 354 g/mol. The van der Waals surface area contributed by atoms with Crippen molar-refractivity contribution in [2.75, 3.05) is 10.6 Å². The minimum absolute atomic E-state index is 0.214. The van der Waals surface area contributed by atoms with Crippen molar-refractivity contribution >= 4 is 39.9 Å². The van der Waals surface area contributed by atoms with E-state index in [9.17, 15) is 14.4 Å². The van der Waals surface area contributed by atoms with Crippen LogP contribution >= 0.6 is 11.3 Å². The largest absolute Gasteiger partial charge is 0.364 e. The summed E-state index contributed by atoms with van der Waals surface area (Å²) in [4.78, 5) is 41.7. The molecule has 2 heterocycles. The number of nitrogens with zero attached hydrogens (tertiary/aromatic N) is 1. The van der Waals surface area contributed by atoms with Gasteiger partial charge in [0.25, 0.3) is 11.8 Å². The zero-order valence-electron chi connectivity index (χ0n) is 13.7. The van der Waals surface area contributed by atoms with E-state index in [0.717, 1.165) is 0 Å². The second-order valence-electron chi connectivity index (χ2n) is 5.42. The molecule has 0 atom stereocenters. The Hall–Kier alpha value is -3.46. The lowest BCUT2D eigenvalue weighted by atomic mass is 10.2. The SMILES string of the molecule is CC(=O)Nc1cccc(C(=O)Nc2nc(-c3c[nH]c(C(N)=O)c3)cs2)c1. The van der Waals surface area contributed by atoms with Crippen molar-refractivity contribution in [1.29, 1.82) is 0 Å². The van der Waals surface area contributed by atoms with E-state index < -0.39 is 5.91 Å². The van der Waals surface area contributed by atoms with E-state index in [1.807, 2.05) is 0 Å². The highest BCUT2D eigenvalue weighted by Crippen LogP contribution is 2.26. The first-order chi connectivity index (χ1) is 12.4. The monoisotopic (exact) mass is 369 g/mol. The predicted octanol–water partition coefficient (Wildman–Crippen LogP) is 2.45. The maximum atomic E-state index is 12.4. The molecule has 2 aromatic heterocycles. The topological polar surface area (TPSA) is 130 Å². The second-order valence-corrected chi connectivity index (χ2v) is 6.28. The molecule has 26 heavy (non-hydrogen) atoms. The summed E-state index contributed by atoms with van der Waals surface area (Å²) in [6.07, 6.45) is 1.62. The first kappa shape index (κ1) is 17.4. The Bertz CT molecular complexity index is 992. The minimum atomic E-state index is -0.556. The first-order valence-corrected chi connectivity index (χ1v) is 8.43. The van der Waals surface area contributed by atoms with Crippen LogP contribution in [0, 0.1) is 0 Å². The molecule has 9 heteroatoms. The lowest BCUT2D eigenvalue weighted by molar-refractivity contribution is -0.114. The van der Waals surface area contributed by atoms with E-state index in [1.165, 1.54) is 18.3 Å². The third-order valence-corrected chi connectivity index (χ3v) is 4.17. The second kappa shape index (κ2) is 7.19. The van der Waals surface area contributed by atoms with Crippen LogP contribution in [-0.2, 0) is 4.79 Å². The summed E-state index contributed by atoms with van der Waals surface area (Å²) < 4.78 is 0. The minimum Gasteiger partial charge on any atom is -0.364 e. The first-order valence-electron chi connectivity index (χ1n) is 7.55. The van der Waals surface area contributed by atoms with Crippen LogP contribution in [0.1, 0.15) is 27.8 Å². The van der Waals surface area contributed by atoms with Crippen LogP contribution in [0.4, 0.5) is 10.8 Å². The molecule has 0 saturated heterocycles. The van der Waals surface area contributed by atoms with Crippen molar-refractivity contribution in [2.24, 2.45) is 5.73 Å². The van der Waals surface area contributed by atoms with Crippen LogP contribution in [-0.4, -0.2) is 27.7 Å². The average Bonchev–Trinajstić information content (AvgIpc) is 3.23. The van der Waals surface area contributed by atoms with Crippen molar-refractivity contribution in [1.82, 2.24) is 9.97 Å². The molecule has 3 aromatic rings. The predicted molar refractivity (Wildman–Crippen MR) is 99.1 cm³/mol. The molecule has 0 radical (unpaired) electrons. The molecular formula is C17H15N5O3S. The normalized spacial score (nSPS) is 10.3. The third kappa shape index (κ3) is 3.95. The van der Waals surface area contributed by atoms with E-state index in [1.54, 1.807) is 41.9 Å². The van der Waals surface area contributed by atoms with Gasteiger partial charge in [0.2, 0.25) is 5.91 Å². The number of H-pyrrole nitrogens is 1. The summed E-state index contributed by atoms with van der Waals surface area (Å²) in [5.41, 5.74) is 7.74. The number of thiazole rings is 1. The van der Waals surface area contributed by atoms with Crippen molar-refractivity contribution in [3.8, 4) is 11.3 Å². The Kier molecular flexibility index (Phi) is 4.81. The van der Waals surface area contributed by atoms with Gasteiger partial charge in [0.15, 0.2) is 5.13 Å². The number of hydrogen-bond donors (Lipinski definition) is 4. The van der Waals surface area contributed by atoms with Crippen molar-refractivity contribution in [3.05, 3.63) is 53.2 Å². The Balaban J connectivity index is 1.73. The molecule has 0 aliphatic carbocycles. The van der Waals surface area contributed by atoms with Crippen LogP contribution in [0.25, 0.3) is 11.3 Å². The van der Waals surface area contributed by atoms with Crippen LogP contribution < -0.4 is 16.4 Å². The number of nitrogens with two attached hydrogens (primary N) is 1. The number of benzene rings is 1. The highest BCUT2D eigenvalue weighted by molar-refractivity contribution is 7.14. The number of hydrogen-bond acceptors (Lipinski definition) is 5. The standard InChI is InChI=1S/C17H15N5O3S/c1-9(23)20-12-4-2-3-10(5-12)16(25)22-17-21-14(8-26-17)11-6-13(15(18)24)19-7-11/h2-8,19H,1H3,(H2,18,24)(H,20,23)(H,21,22,25). The highest BCUT2D eigenvalue weighted by atomic mass is 32.1. The molecule has 0 bridgehead atoms. The summed E-state index contributed by atoms with van der Waals surface area (Å²) in [6, 6.07) is 8.19. The van der Waals surface area contributed by atoms with Crippen molar-refractivity contribution in [2.45, 2.75) is 6.92 Å². The van der Waals surface area contributed by atoms with E-state index in [-0.39, 0.29) is 17.5 Å². The molecule has 0 spiro atoms. The van der Waals surface area contributed by atoms with Crippen LogP contribution in [0.3, 0.4) is 0 Å². The molecule has 0 unspecified atom stereocenters. The Morgan fingerprint density at radius 3 is 2.69 bits per heavy atom. The van der Waals surface area contributed by atoms with Gasteiger partial charge >= 0.3 is 0 Å². The van der Waals surface area contributed by atoms with Gasteiger partial charge in [0, 0.05) is 35.3 Å². The average molecular weight is 369 g/mol. The van der Waals surface area contributed by atoms with Gasteiger partial charge < -0.3 is 16.0 Å². The van der Waals surface area contributed by atoms with E-state index in [2.05, 4.69) is 20.6 Å². The maximum absolute atomic E-state index is 12.4. The van der Waals surface area contributed by atoms with Gasteiger partial charge in [-0.3, -0.25) is 19.7 Å². The maximum Gasteiger partial charge on any atom is 0.265 e. The number of carbonyl (C=O) groups excluding carboxylic acids is 3. The Labute approximate surface area is 152 Å². The van der Waals surface area contributed by atoms with Crippen molar-refractivity contribution in [3.63, 3.8) is 0 Å². The van der Waals surface area contributed by atoms with E-state index >= 15 is 0 Å². The third-order valence-electron chi connectivity index (χ3n) is 3.41. The number of primary amides is 1. The molecule has 3 rings (SSSR count). The summed E-state index contributed by atoms with van der Waals surface area (Å²) in [7, 11) is 0. The quantitative estimate of drug-likeness (QED) is 0.550. The highest BCUT2D eigenvalue weighted by Gasteiger charge is 2.12. The number of nitrogens with one attached hydrogen (secondary N) is 3. The van der Waals surface area contributed by atoms with Gasteiger partial charge in [-0.1, -0.05) is 6.07 Å². The van der Waals surface area contributed by atoms with Crippen LogP contribution in [0.5, 0.6) is 0 Å². The van der Waals surface area contributed by atoms with Crippen molar-refractivity contribution < 1.29 is 14.4 Å². The molecule has 0 aliphatic rings. The zero-order valence-corrected chi connectivity index (χ0v) is 14.5. The van der Waals surface area contributed by atoms with Gasteiger partial charge in [0.05, 0.1) is 5.69 Å². The van der Waals surface area contributed by atoms with Crippen LogP contribution in [0.2, 0.25) is 0 Å². The molecule has 5 N–H and O–H groups in total. The van der Waals surface area contributed by atoms with Gasteiger partial charge in [-0.15, -0.1) is 11.3 Å². The number of carbonyl (C=O) groups is 3. The number of aromatic nitrogens is 2. The molecule has 3 amide bonds. The summed E-state index contributed by atoms with van der Waals surface area (Å²) in [5, 5.41) is 7.52. The van der Waals surface area contributed by atoms with E-state index in [0.29, 0.717) is 27.6 Å². The number of anilines is 2. The van der Waals surface area contributed by atoms with Gasteiger partial charge in [-0.05, 0) is 24.3 Å². The molecule has 8 nitrogen and oxygen atoms in total. The lowest BCUT2D eigenvalue weighted by Gasteiger charge is -2.05. The summed E-state index contributed by atoms with van der Waals surface area (Å²) >= 11 is 1.26. The zero-order chi connectivity index (χ0) is 18.7. The van der Waals surface area contributed by atoms with E-state index in [4.69, 9.17) is 5.73 Å². The Morgan fingerprint density at radius 1 is 1.19 bits per heavy atom. The van der Waals surface area contributed by atoms with Gasteiger partial charge in [-0.25, -0.2) is 4.98 Å². The van der Waals surface area contributed by atoms with Gasteiger partial charge in [0.1, 0.15) is 5.69 Å². The van der Waals surface area contributed by atoms with Gasteiger partial charge in [-0.2, -0.15) is 0 Å². The molecule has 0 fully saturated rings. The van der Waals surface area contributed by atoms with Crippen LogP contribution in [0.15, 0.2) is 41.9 Å². The Morgan fingerprint density at radius 2 is 2.00 bits per heavy atom. The summed E-state index contributed by atoms with van der Waals surface area (Å²) in [5.74, 6) is -1.11. The smallest absolute Gasteiger partial charge is 0.265 e. The summed E-state index contributed by atoms with van der Waals surface area (Å²) in [6.45, 7) is 1.40. The molecule has 0 saturated carbocycles. The molecule has 1 aromatic carbocycles. The fourth-order valence-electron chi connectivity index (χ4n) is 2.26. The fourth-order valence-corrected chi connectivity index (χ4v) is 2.97. The number of rotatable bonds is 5. The fraction of sp³-hybridized carbons (Fsp3) is 0.0588. The lowest BCUT2D eigenvalue weighted by Crippen LogP contribution is -2.13. The number of aromatic amines is 1. The number of amides is 3. The molecule has 0 aliphatic heterocycles. The molecule has 132 valence electrons.